The lowest BCUT2D eigenvalue weighted by molar-refractivity contribution is -0.118. The summed E-state index contributed by atoms with van der Waals surface area (Å²) in [7, 11) is 0. The van der Waals surface area contributed by atoms with E-state index in [4.69, 9.17) is 0 Å². The van der Waals surface area contributed by atoms with Crippen molar-refractivity contribution in [3.63, 3.8) is 0 Å². The van der Waals surface area contributed by atoms with Gasteiger partial charge in [-0.3, -0.25) is 4.79 Å². The average Bonchev–Trinajstić information content (AvgIpc) is 3.35. The number of hydrogen-bond donors (Lipinski definition) is 1. The molecule has 3 heteroatoms. The van der Waals surface area contributed by atoms with E-state index in [2.05, 4.69) is 60.8 Å². The molecule has 0 aromatic heterocycles. The highest BCUT2D eigenvalue weighted by molar-refractivity contribution is 7.99. The Morgan fingerprint density at radius 3 is 2.61 bits per heavy atom. The number of benzene rings is 2. The summed E-state index contributed by atoms with van der Waals surface area (Å²) in [5.41, 5.74) is 4.10. The zero-order valence-corrected chi connectivity index (χ0v) is 14.4. The molecule has 0 heterocycles. The molecule has 120 valence electrons. The number of hydrogen-bond acceptors (Lipinski definition) is 2. The molecule has 1 fully saturated rings. The number of carbonyl (C=O) groups excluding carboxylic acids is 1. The fourth-order valence-corrected chi connectivity index (χ4v) is 3.70. The molecule has 1 aliphatic carbocycles. The predicted octanol–water partition coefficient (Wildman–Crippen LogP) is 4.08. The summed E-state index contributed by atoms with van der Waals surface area (Å²) in [6, 6.07) is 19.0. The molecule has 0 atom stereocenters. The fourth-order valence-electron chi connectivity index (χ4n) is 2.89. The summed E-state index contributed by atoms with van der Waals surface area (Å²) in [6.07, 6.45) is 2.35. The fraction of sp³-hybridized carbons (Fsp3) is 0.350. The second-order valence-electron chi connectivity index (χ2n) is 6.40. The van der Waals surface area contributed by atoms with Crippen LogP contribution in [-0.2, 0) is 16.0 Å². The molecule has 0 spiro atoms. The van der Waals surface area contributed by atoms with Gasteiger partial charge in [-0.25, -0.2) is 0 Å². The van der Waals surface area contributed by atoms with E-state index in [1.165, 1.54) is 29.5 Å². The van der Waals surface area contributed by atoms with Crippen LogP contribution in [0.4, 0.5) is 0 Å². The minimum Gasteiger partial charge on any atom is -0.354 e. The largest absolute Gasteiger partial charge is 0.354 e. The molecule has 0 saturated heterocycles. The smallest absolute Gasteiger partial charge is 0.230 e. The normalized spacial score (nSPS) is 15.2. The lowest BCUT2D eigenvalue weighted by Crippen LogP contribution is -2.33. The molecule has 1 N–H and O–H groups in total. The molecule has 1 aliphatic rings. The standard InChI is InChI=1S/C20H23NOS/c1-16-6-5-7-17(12-16)13-23-14-19(22)21-15-20(10-11-20)18-8-3-2-4-9-18/h2-9,12H,10-11,13-15H2,1H3,(H,21,22). The van der Waals surface area contributed by atoms with Gasteiger partial charge in [0.1, 0.15) is 0 Å². The van der Waals surface area contributed by atoms with Gasteiger partial charge in [0, 0.05) is 17.7 Å². The van der Waals surface area contributed by atoms with Crippen LogP contribution in [0.2, 0.25) is 0 Å². The second kappa shape index (κ2) is 7.22. The van der Waals surface area contributed by atoms with Gasteiger partial charge < -0.3 is 5.32 Å². The van der Waals surface area contributed by atoms with Gasteiger partial charge in [-0.15, -0.1) is 11.8 Å². The molecular weight excluding hydrogens is 302 g/mol. The molecule has 2 aromatic carbocycles. The average molecular weight is 325 g/mol. The number of nitrogens with one attached hydrogen (secondary N) is 1. The number of amides is 1. The molecule has 0 radical (unpaired) electrons. The molecule has 0 aliphatic heterocycles. The zero-order chi connectivity index (χ0) is 16.1. The van der Waals surface area contributed by atoms with E-state index in [0.717, 1.165) is 12.3 Å². The maximum Gasteiger partial charge on any atom is 0.230 e. The lowest BCUT2D eigenvalue weighted by atomic mass is 9.96. The Morgan fingerprint density at radius 2 is 1.91 bits per heavy atom. The van der Waals surface area contributed by atoms with Crippen molar-refractivity contribution in [2.75, 3.05) is 12.3 Å². The van der Waals surface area contributed by atoms with Crippen molar-refractivity contribution >= 4 is 17.7 Å². The maximum atomic E-state index is 12.1. The van der Waals surface area contributed by atoms with Gasteiger partial charge in [-0.2, -0.15) is 0 Å². The van der Waals surface area contributed by atoms with E-state index in [0.29, 0.717) is 5.75 Å². The Balaban J connectivity index is 1.42. The summed E-state index contributed by atoms with van der Waals surface area (Å²) < 4.78 is 0. The van der Waals surface area contributed by atoms with Gasteiger partial charge in [0.05, 0.1) is 5.75 Å². The monoisotopic (exact) mass is 325 g/mol. The highest BCUT2D eigenvalue weighted by atomic mass is 32.2. The summed E-state index contributed by atoms with van der Waals surface area (Å²) in [5, 5.41) is 3.12. The Morgan fingerprint density at radius 1 is 1.13 bits per heavy atom. The van der Waals surface area contributed by atoms with Crippen molar-refractivity contribution in [1.29, 1.82) is 0 Å². The summed E-state index contributed by atoms with van der Waals surface area (Å²) in [6.45, 7) is 2.86. The van der Waals surface area contributed by atoms with Crippen molar-refractivity contribution in [3.05, 3.63) is 71.3 Å². The minimum atomic E-state index is 0.143. The minimum absolute atomic E-state index is 0.143. The van der Waals surface area contributed by atoms with E-state index in [9.17, 15) is 4.79 Å². The molecule has 1 amide bonds. The van der Waals surface area contributed by atoms with Crippen LogP contribution >= 0.6 is 11.8 Å². The topological polar surface area (TPSA) is 29.1 Å². The highest BCUT2D eigenvalue weighted by Crippen LogP contribution is 2.47. The van der Waals surface area contributed by atoms with Gasteiger partial charge in [0.15, 0.2) is 0 Å². The quantitative estimate of drug-likeness (QED) is 0.831. The van der Waals surface area contributed by atoms with Crippen LogP contribution < -0.4 is 5.32 Å². The number of thioether (sulfide) groups is 1. The second-order valence-corrected chi connectivity index (χ2v) is 7.39. The first-order chi connectivity index (χ1) is 11.2. The van der Waals surface area contributed by atoms with E-state index >= 15 is 0 Å². The summed E-state index contributed by atoms with van der Waals surface area (Å²) in [4.78, 5) is 12.1. The first kappa shape index (κ1) is 16.1. The number of rotatable bonds is 7. The predicted molar refractivity (Wildman–Crippen MR) is 97.7 cm³/mol. The number of carbonyl (C=O) groups is 1. The first-order valence-corrected chi connectivity index (χ1v) is 9.29. The highest BCUT2D eigenvalue weighted by Gasteiger charge is 2.44. The van der Waals surface area contributed by atoms with Crippen LogP contribution in [0.3, 0.4) is 0 Å². The van der Waals surface area contributed by atoms with E-state index < -0.39 is 0 Å². The molecule has 3 rings (SSSR count). The third-order valence-electron chi connectivity index (χ3n) is 4.45. The van der Waals surface area contributed by atoms with Crippen molar-refractivity contribution < 1.29 is 4.79 Å². The van der Waals surface area contributed by atoms with Crippen molar-refractivity contribution in [3.8, 4) is 0 Å². The van der Waals surface area contributed by atoms with E-state index in [1.807, 2.05) is 6.07 Å². The molecule has 23 heavy (non-hydrogen) atoms. The third kappa shape index (κ3) is 4.38. The lowest BCUT2D eigenvalue weighted by Gasteiger charge is -2.16. The van der Waals surface area contributed by atoms with Gasteiger partial charge in [-0.1, -0.05) is 60.2 Å². The van der Waals surface area contributed by atoms with Crippen LogP contribution in [-0.4, -0.2) is 18.2 Å². The molecule has 2 aromatic rings. The van der Waals surface area contributed by atoms with Gasteiger partial charge in [-0.05, 0) is 30.9 Å². The van der Waals surface area contributed by atoms with Crippen LogP contribution in [0.1, 0.15) is 29.5 Å². The van der Waals surface area contributed by atoms with Crippen LogP contribution in [0.5, 0.6) is 0 Å². The molecule has 1 saturated carbocycles. The molecule has 2 nitrogen and oxygen atoms in total. The first-order valence-electron chi connectivity index (χ1n) is 8.13. The van der Waals surface area contributed by atoms with Crippen LogP contribution in [0.25, 0.3) is 0 Å². The zero-order valence-electron chi connectivity index (χ0n) is 13.5. The van der Waals surface area contributed by atoms with Crippen LogP contribution in [0, 0.1) is 6.92 Å². The summed E-state index contributed by atoms with van der Waals surface area (Å²) >= 11 is 1.68. The number of aryl methyl sites for hydroxylation is 1. The van der Waals surface area contributed by atoms with E-state index in [1.54, 1.807) is 11.8 Å². The Bertz CT molecular complexity index is 664. The van der Waals surface area contributed by atoms with Crippen molar-refractivity contribution in [2.45, 2.75) is 30.9 Å². The van der Waals surface area contributed by atoms with Crippen LogP contribution in [0.15, 0.2) is 54.6 Å². The van der Waals surface area contributed by atoms with Crippen molar-refractivity contribution in [2.24, 2.45) is 0 Å². The molecular formula is C20H23NOS. The Kier molecular flexibility index (Phi) is 5.06. The maximum absolute atomic E-state index is 12.1. The third-order valence-corrected chi connectivity index (χ3v) is 5.45. The van der Waals surface area contributed by atoms with Crippen molar-refractivity contribution in [1.82, 2.24) is 5.32 Å². The Labute approximate surface area is 142 Å². The SMILES string of the molecule is Cc1cccc(CSCC(=O)NCC2(c3ccccc3)CC2)c1. The van der Waals surface area contributed by atoms with Gasteiger partial charge in [0.25, 0.3) is 0 Å². The molecule has 0 bridgehead atoms. The van der Waals surface area contributed by atoms with E-state index in [-0.39, 0.29) is 11.3 Å². The summed E-state index contributed by atoms with van der Waals surface area (Å²) in [5.74, 6) is 1.56. The molecule has 0 unspecified atom stereocenters. The van der Waals surface area contributed by atoms with Gasteiger partial charge >= 0.3 is 0 Å². The van der Waals surface area contributed by atoms with Gasteiger partial charge in [0.2, 0.25) is 5.91 Å². The Hall–Kier alpha value is -1.74.